The van der Waals surface area contributed by atoms with Crippen molar-refractivity contribution in [3.05, 3.63) is 42.5 Å². The molecule has 0 aromatic heterocycles. The van der Waals surface area contributed by atoms with Gasteiger partial charge in [0.2, 0.25) is 0 Å². The Balaban J connectivity index is 2.76. The maximum absolute atomic E-state index is 11.6. The van der Waals surface area contributed by atoms with Crippen molar-refractivity contribution in [1.82, 2.24) is 0 Å². The third-order valence-electron chi connectivity index (χ3n) is 2.54. The normalized spacial score (nSPS) is 11.6. The molecule has 0 saturated carbocycles. The second-order valence-corrected chi connectivity index (χ2v) is 3.95. The number of benzene rings is 1. The molecule has 0 bridgehead atoms. The average Bonchev–Trinajstić information content (AvgIpc) is 2.36. The number of hydrogen-bond acceptors (Lipinski definition) is 3. The molecule has 0 aliphatic rings. The molecule has 17 heavy (non-hydrogen) atoms. The molecule has 0 fully saturated rings. The molecule has 1 N–H and O–H groups in total. The minimum atomic E-state index is -0.316. The summed E-state index contributed by atoms with van der Waals surface area (Å²) in [6.07, 6.45) is 3.83. The second-order valence-electron chi connectivity index (χ2n) is 3.95. The van der Waals surface area contributed by atoms with Crippen LogP contribution in [-0.2, 0) is 4.74 Å². The number of carbonyl (C=O) groups excluding carboxylic acids is 1. The lowest BCUT2D eigenvalue weighted by Crippen LogP contribution is -2.17. The van der Waals surface area contributed by atoms with E-state index in [0.717, 1.165) is 18.5 Å². The van der Waals surface area contributed by atoms with Crippen molar-refractivity contribution in [2.45, 2.75) is 25.8 Å². The van der Waals surface area contributed by atoms with E-state index in [1.54, 1.807) is 6.07 Å². The van der Waals surface area contributed by atoms with Crippen molar-refractivity contribution in [2.24, 2.45) is 0 Å². The fourth-order valence-corrected chi connectivity index (χ4v) is 1.60. The van der Waals surface area contributed by atoms with Crippen LogP contribution >= 0.6 is 0 Å². The van der Waals surface area contributed by atoms with Crippen molar-refractivity contribution in [3.63, 3.8) is 0 Å². The fourth-order valence-electron chi connectivity index (χ4n) is 1.60. The number of hydrogen-bond donors (Lipinski definition) is 1. The van der Waals surface area contributed by atoms with Gasteiger partial charge in [0.15, 0.2) is 0 Å². The second kappa shape index (κ2) is 6.74. The van der Waals surface area contributed by atoms with E-state index in [9.17, 15) is 4.79 Å². The molecule has 0 radical (unpaired) electrons. The Morgan fingerprint density at radius 2 is 2.24 bits per heavy atom. The molecule has 0 amide bonds. The van der Waals surface area contributed by atoms with E-state index in [2.05, 4.69) is 18.8 Å². The number of methoxy groups -OCH3 is 1. The Morgan fingerprint density at radius 1 is 1.53 bits per heavy atom. The summed E-state index contributed by atoms with van der Waals surface area (Å²) in [4.78, 5) is 11.6. The van der Waals surface area contributed by atoms with E-state index in [1.165, 1.54) is 7.11 Å². The van der Waals surface area contributed by atoms with Crippen LogP contribution in [0, 0.1) is 0 Å². The van der Waals surface area contributed by atoms with Crippen LogP contribution in [0.15, 0.2) is 36.9 Å². The molecule has 1 atom stereocenters. The van der Waals surface area contributed by atoms with Crippen LogP contribution in [0.4, 0.5) is 5.69 Å². The number of para-hydroxylation sites is 1. The highest BCUT2D eigenvalue weighted by atomic mass is 16.5. The van der Waals surface area contributed by atoms with Crippen LogP contribution in [0.2, 0.25) is 0 Å². The third kappa shape index (κ3) is 3.94. The Morgan fingerprint density at radius 3 is 2.88 bits per heavy atom. The van der Waals surface area contributed by atoms with Gasteiger partial charge in [0.1, 0.15) is 0 Å². The lowest BCUT2D eigenvalue weighted by Gasteiger charge is -2.16. The molecule has 3 heteroatoms. The van der Waals surface area contributed by atoms with Crippen molar-refractivity contribution < 1.29 is 9.53 Å². The highest BCUT2D eigenvalue weighted by Crippen LogP contribution is 2.18. The summed E-state index contributed by atoms with van der Waals surface area (Å²) >= 11 is 0. The Kier molecular flexibility index (Phi) is 5.27. The van der Waals surface area contributed by atoms with Gasteiger partial charge < -0.3 is 10.1 Å². The molecule has 92 valence electrons. The van der Waals surface area contributed by atoms with Crippen LogP contribution in [0.5, 0.6) is 0 Å². The van der Waals surface area contributed by atoms with Gasteiger partial charge >= 0.3 is 5.97 Å². The number of ether oxygens (including phenoxy) is 1. The molecular weight excluding hydrogens is 214 g/mol. The average molecular weight is 233 g/mol. The monoisotopic (exact) mass is 233 g/mol. The summed E-state index contributed by atoms with van der Waals surface area (Å²) in [7, 11) is 1.39. The van der Waals surface area contributed by atoms with Gasteiger partial charge in [-0.05, 0) is 31.9 Å². The van der Waals surface area contributed by atoms with E-state index in [0.29, 0.717) is 11.6 Å². The topological polar surface area (TPSA) is 38.3 Å². The third-order valence-corrected chi connectivity index (χ3v) is 2.54. The lowest BCUT2D eigenvalue weighted by molar-refractivity contribution is 0.0602. The van der Waals surface area contributed by atoms with E-state index in [1.807, 2.05) is 24.3 Å². The Labute approximate surface area is 102 Å². The van der Waals surface area contributed by atoms with Crippen molar-refractivity contribution in [1.29, 1.82) is 0 Å². The maximum atomic E-state index is 11.6. The van der Waals surface area contributed by atoms with Gasteiger partial charge in [0, 0.05) is 11.7 Å². The quantitative estimate of drug-likeness (QED) is 0.605. The van der Waals surface area contributed by atoms with E-state index < -0.39 is 0 Å². The first-order valence-electron chi connectivity index (χ1n) is 5.73. The van der Waals surface area contributed by atoms with Crippen LogP contribution in [0.1, 0.15) is 30.1 Å². The van der Waals surface area contributed by atoms with E-state index >= 15 is 0 Å². The fraction of sp³-hybridized carbons (Fsp3) is 0.357. The first-order valence-corrected chi connectivity index (χ1v) is 5.73. The molecule has 0 aliphatic carbocycles. The zero-order chi connectivity index (χ0) is 12.7. The summed E-state index contributed by atoms with van der Waals surface area (Å²) < 4.78 is 4.74. The molecule has 1 rings (SSSR count). The standard InChI is InChI=1S/C14H19NO2/c1-4-5-8-11(2)15-13-10-7-6-9-12(13)14(16)17-3/h4,6-7,9-11,15H,1,5,8H2,2-3H3. The molecule has 0 aliphatic heterocycles. The molecule has 1 aromatic carbocycles. The van der Waals surface area contributed by atoms with Gasteiger partial charge in [-0.2, -0.15) is 0 Å². The van der Waals surface area contributed by atoms with Crippen molar-refractivity contribution in [3.8, 4) is 0 Å². The van der Waals surface area contributed by atoms with Crippen LogP contribution in [-0.4, -0.2) is 19.1 Å². The van der Waals surface area contributed by atoms with E-state index in [4.69, 9.17) is 4.74 Å². The minimum absolute atomic E-state index is 0.291. The first-order chi connectivity index (χ1) is 8.19. The predicted molar refractivity (Wildman–Crippen MR) is 70.3 cm³/mol. The SMILES string of the molecule is C=CCCC(C)Nc1ccccc1C(=O)OC. The van der Waals surface area contributed by atoms with Gasteiger partial charge in [0.05, 0.1) is 12.7 Å². The van der Waals surface area contributed by atoms with Crippen molar-refractivity contribution in [2.75, 3.05) is 12.4 Å². The van der Waals surface area contributed by atoms with Gasteiger partial charge in [0.25, 0.3) is 0 Å². The molecule has 1 aromatic rings. The van der Waals surface area contributed by atoms with Gasteiger partial charge in [-0.25, -0.2) is 4.79 Å². The zero-order valence-corrected chi connectivity index (χ0v) is 10.4. The largest absolute Gasteiger partial charge is 0.465 e. The first kappa shape index (κ1) is 13.3. The predicted octanol–water partition coefficient (Wildman–Crippen LogP) is 3.24. The summed E-state index contributed by atoms with van der Waals surface area (Å²) in [6, 6.07) is 7.66. The number of carbonyl (C=O) groups is 1. The highest BCUT2D eigenvalue weighted by molar-refractivity contribution is 5.95. The van der Waals surface area contributed by atoms with Crippen LogP contribution in [0.25, 0.3) is 0 Å². The molecule has 3 nitrogen and oxygen atoms in total. The summed E-state index contributed by atoms with van der Waals surface area (Å²) in [5, 5.41) is 3.31. The number of nitrogens with one attached hydrogen (secondary N) is 1. The zero-order valence-electron chi connectivity index (χ0n) is 10.4. The van der Waals surface area contributed by atoms with Crippen LogP contribution < -0.4 is 5.32 Å². The van der Waals surface area contributed by atoms with Gasteiger partial charge in [-0.3, -0.25) is 0 Å². The van der Waals surface area contributed by atoms with Gasteiger partial charge in [-0.1, -0.05) is 18.2 Å². The maximum Gasteiger partial charge on any atom is 0.339 e. The number of anilines is 1. The summed E-state index contributed by atoms with van der Waals surface area (Å²) in [5.74, 6) is -0.316. The number of esters is 1. The smallest absolute Gasteiger partial charge is 0.339 e. The molecule has 1 unspecified atom stereocenters. The minimum Gasteiger partial charge on any atom is -0.465 e. The number of rotatable bonds is 6. The molecule has 0 saturated heterocycles. The molecule has 0 spiro atoms. The molecular formula is C14H19NO2. The van der Waals surface area contributed by atoms with Crippen LogP contribution in [0.3, 0.4) is 0 Å². The van der Waals surface area contributed by atoms with E-state index in [-0.39, 0.29) is 5.97 Å². The summed E-state index contributed by atoms with van der Waals surface area (Å²) in [6.45, 7) is 5.78. The summed E-state index contributed by atoms with van der Waals surface area (Å²) in [5.41, 5.74) is 1.39. The highest BCUT2D eigenvalue weighted by Gasteiger charge is 2.12. The Hall–Kier alpha value is -1.77. The lowest BCUT2D eigenvalue weighted by atomic mass is 10.1. The molecule has 0 heterocycles. The van der Waals surface area contributed by atoms with Crippen molar-refractivity contribution >= 4 is 11.7 Å². The number of allylic oxidation sites excluding steroid dienone is 1. The van der Waals surface area contributed by atoms with Gasteiger partial charge in [-0.15, -0.1) is 6.58 Å². The Bertz CT molecular complexity index is 388.